The first kappa shape index (κ1) is 19.3. The molecular weight excluding hydrogens is 425 g/mol. The maximum Gasteiger partial charge on any atom is 0.416 e. The molecule has 1 N–H and O–H groups in total. The third-order valence-electron chi connectivity index (χ3n) is 2.87. The number of alkyl halides is 3. The number of nitrogens with zero attached hydrogens (tertiary/aromatic N) is 1. The van der Waals surface area contributed by atoms with Crippen molar-refractivity contribution in [2.45, 2.75) is 6.18 Å². The van der Waals surface area contributed by atoms with Crippen LogP contribution in [0.3, 0.4) is 0 Å². The summed E-state index contributed by atoms with van der Waals surface area (Å²) in [5.41, 5.74) is 1.59. The zero-order chi connectivity index (χ0) is 18.4. The zero-order valence-corrected chi connectivity index (χ0v) is 14.8. The van der Waals surface area contributed by atoms with E-state index in [0.29, 0.717) is 15.2 Å². The Morgan fingerprint density at radius 1 is 1.28 bits per heavy atom. The van der Waals surface area contributed by atoms with Crippen molar-refractivity contribution in [2.75, 3.05) is 6.61 Å². The molecule has 0 radical (unpaired) electrons. The summed E-state index contributed by atoms with van der Waals surface area (Å²) in [6.07, 6.45) is -3.32. The Morgan fingerprint density at radius 2 is 2.04 bits per heavy atom. The van der Waals surface area contributed by atoms with E-state index in [4.69, 9.17) is 16.3 Å². The lowest BCUT2D eigenvalue weighted by Crippen LogP contribution is -2.24. The maximum absolute atomic E-state index is 12.6. The summed E-state index contributed by atoms with van der Waals surface area (Å²) in [7, 11) is 0. The smallest absolute Gasteiger partial charge is 0.416 e. The van der Waals surface area contributed by atoms with Crippen LogP contribution in [0, 0.1) is 0 Å². The number of hydrogen-bond acceptors (Lipinski definition) is 3. The molecule has 0 aliphatic rings. The Bertz CT molecular complexity index is 797. The average Bonchev–Trinajstić information content (AvgIpc) is 2.53. The summed E-state index contributed by atoms with van der Waals surface area (Å²) in [5, 5.41) is 4.12. The molecule has 25 heavy (non-hydrogen) atoms. The molecule has 0 aromatic heterocycles. The fourth-order valence-corrected chi connectivity index (χ4v) is 2.54. The molecule has 0 saturated carbocycles. The minimum Gasteiger partial charge on any atom is -0.483 e. The van der Waals surface area contributed by atoms with Crippen LogP contribution in [0.5, 0.6) is 5.75 Å². The second-order valence-electron chi connectivity index (χ2n) is 4.78. The highest BCUT2D eigenvalue weighted by molar-refractivity contribution is 9.10. The highest BCUT2D eigenvalue weighted by Gasteiger charge is 2.30. The van der Waals surface area contributed by atoms with Crippen molar-refractivity contribution in [1.29, 1.82) is 0 Å². The molecule has 0 aliphatic heterocycles. The molecule has 9 heteroatoms. The van der Waals surface area contributed by atoms with E-state index < -0.39 is 17.6 Å². The van der Waals surface area contributed by atoms with E-state index in [-0.39, 0.29) is 12.2 Å². The molecular formula is C16H11BrClF3N2O2. The van der Waals surface area contributed by atoms with Gasteiger partial charge in [-0.05, 0) is 51.8 Å². The number of nitrogens with one attached hydrogen (secondary N) is 1. The first-order valence-electron chi connectivity index (χ1n) is 6.83. The molecule has 0 fully saturated rings. The molecule has 0 heterocycles. The summed E-state index contributed by atoms with van der Waals surface area (Å²) in [6, 6.07) is 9.38. The molecule has 0 spiro atoms. The van der Waals surface area contributed by atoms with Crippen molar-refractivity contribution in [1.82, 2.24) is 5.43 Å². The Kier molecular flexibility index (Phi) is 6.44. The van der Waals surface area contributed by atoms with Crippen LogP contribution in [0.2, 0.25) is 5.02 Å². The van der Waals surface area contributed by atoms with E-state index in [1.54, 1.807) is 18.2 Å². The molecule has 2 aromatic rings. The Balaban J connectivity index is 1.88. The Hall–Kier alpha value is -2.06. The van der Waals surface area contributed by atoms with Gasteiger partial charge in [0.2, 0.25) is 0 Å². The molecule has 4 nitrogen and oxygen atoms in total. The Labute approximate surface area is 154 Å². The average molecular weight is 436 g/mol. The van der Waals surface area contributed by atoms with Gasteiger partial charge >= 0.3 is 6.18 Å². The van der Waals surface area contributed by atoms with E-state index in [1.807, 2.05) is 0 Å². The predicted molar refractivity (Wildman–Crippen MR) is 91.8 cm³/mol. The number of rotatable bonds is 5. The number of benzene rings is 2. The van der Waals surface area contributed by atoms with Crippen LogP contribution in [0.4, 0.5) is 13.2 Å². The first-order valence-corrected chi connectivity index (χ1v) is 8.00. The molecule has 0 aliphatic carbocycles. The van der Waals surface area contributed by atoms with Crippen molar-refractivity contribution >= 4 is 39.7 Å². The predicted octanol–water partition coefficient (Wildman–Crippen LogP) is 4.65. The van der Waals surface area contributed by atoms with E-state index in [2.05, 4.69) is 26.5 Å². The van der Waals surface area contributed by atoms with Crippen LogP contribution < -0.4 is 10.2 Å². The number of halogens is 5. The number of carbonyl (C=O) groups excluding carboxylic acids is 1. The molecule has 0 atom stereocenters. The largest absolute Gasteiger partial charge is 0.483 e. The second-order valence-corrected chi connectivity index (χ2v) is 6.07. The SMILES string of the molecule is O=C(COc1ccc(Cl)cc1Br)NN=Cc1cccc(C(F)(F)F)c1. The molecule has 0 saturated heterocycles. The van der Waals surface area contributed by atoms with E-state index in [9.17, 15) is 18.0 Å². The van der Waals surface area contributed by atoms with E-state index >= 15 is 0 Å². The van der Waals surface area contributed by atoms with Gasteiger partial charge in [-0.1, -0.05) is 23.7 Å². The van der Waals surface area contributed by atoms with Gasteiger partial charge in [-0.2, -0.15) is 18.3 Å². The Morgan fingerprint density at radius 3 is 2.72 bits per heavy atom. The topological polar surface area (TPSA) is 50.7 Å². The van der Waals surface area contributed by atoms with Gasteiger partial charge in [-0.15, -0.1) is 0 Å². The van der Waals surface area contributed by atoms with Crippen LogP contribution in [0.15, 0.2) is 52.0 Å². The van der Waals surface area contributed by atoms with Crippen molar-refractivity contribution < 1.29 is 22.7 Å². The number of amides is 1. The third-order valence-corrected chi connectivity index (χ3v) is 3.72. The highest BCUT2D eigenvalue weighted by Crippen LogP contribution is 2.29. The molecule has 1 amide bonds. The quantitative estimate of drug-likeness (QED) is 0.549. The fourth-order valence-electron chi connectivity index (χ4n) is 1.74. The van der Waals surface area contributed by atoms with Gasteiger partial charge in [-0.25, -0.2) is 5.43 Å². The van der Waals surface area contributed by atoms with E-state index in [1.165, 1.54) is 12.1 Å². The van der Waals surface area contributed by atoms with Crippen LogP contribution >= 0.6 is 27.5 Å². The van der Waals surface area contributed by atoms with Gasteiger partial charge in [0.1, 0.15) is 5.75 Å². The molecule has 132 valence electrons. The molecule has 2 rings (SSSR count). The summed E-state index contributed by atoms with van der Waals surface area (Å²) in [6.45, 7) is -0.319. The lowest BCUT2D eigenvalue weighted by Gasteiger charge is -2.07. The monoisotopic (exact) mass is 434 g/mol. The van der Waals surface area contributed by atoms with Crippen LogP contribution in [0.25, 0.3) is 0 Å². The van der Waals surface area contributed by atoms with Crippen molar-refractivity contribution in [3.05, 3.63) is 63.1 Å². The standard InChI is InChI=1S/C16H11BrClF3N2O2/c17-13-7-12(18)4-5-14(13)25-9-15(24)23-22-8-10-2-1-3-11(6-10)16(19,20)21/h1-8H,9H2,(H,23,24). The summed E-state index contributed by atoms with van der Waals surface area (Å²) in [5.74, 6) is -0.147. The lowest BCUT2D eigenvalue weighted by molar-refractivity contribution is -0.137. The molecule has 2 aromatic carbocycles. The third kappa shape index (κ3) is 6.06. The zero-order valence-electron chi connectivity index (χ0n) is 12.5. The van der Waals surface area contributed by atoms with Gasteiger partial charge in [0.15, 0.2) is 6.61 Å². The van der Waals surface area contributed by atoms with Gasteiger partial charge < -0.3 is 4.74 Å². The number of hydrogen-bond donors (Lipinski definition) is 1. The normalized spacial score (nSPS) is 11.6. The highest BCUT2D eigenvalue weighted by atomic mass is 79.9. The molecule has 0 unspecified atom stereocenters. The van der Waals surface area contributed by atoms with Gasteiger partial charge in [0, 0.05) is 5.02 Å². The van der Waals surface area contributed by atoms with Crippen LogP contribution in [0.1, 0.15) is 11.1 Å². The lowest BCUT2D eigenvalue weighted by atomic mass is 10.1. The van der Waals surface area contributed by atoms with Crippen molar-refractivity contribution in [3.63, 3.8) is 0 Å². The number of carbonyl (C=O) groups is 1. The van der Waals surface area contributed by atoms with Crippen molar-refractivity contribution in [2.24, 2.45) is 5.10 Å². The van der Waals surface area contributed by atoms with Crippen molar-refractivity contribution in [3.8, 4) is 5.75 Å². The maximum atomic E-state index is 12.6. The first-order chi connectivity index (χ1) is 11.8. The van der Waals surface area contributed by atoms with Crippen LogP contribution in [-0.2, 0) is 11.0 Å². The van der Waals surface area contributed by atoms with Gasteiger partial charge in [0.25, 0.3) is 5.91 Å². The summed E-state index contributed by atoms with van der Waals surface area (Å²) >= 11 is 9.03. The van der Waals surface area contributed by atoms with Gasteiger partial charge in [0.05, 0.1) is 16.3 Å². The van der Waals surface area contributed by atoms with Gasteiger partial charge in [-0.3, -0.25) is 4.79 Å². The summed E-state index contributed by atoms with van der Waals surface area (Å²) in [4.78, 5) is 11.6. The minimum absolute atomic E-state index is 0.205. The molecule has 0 bridgehead atoms. The number of ether oxygens (including phenoxy) is 1. The number of hydrazone groups is 1. The summed E-state index contributed by atoms with van der Waals surface area (Å²) < 4.78 is 43.6. The second kappa shape index (κ2) is 8.35. The van der Waals surface area contributed by atoms with E-state index in [0.717, 1.165) is 18.3 Å². The minimum atomic E-state index is -4.44. The van der Waals surface area contributed by atoms with Crippen LogP contribution in [-0.4, -0.2) is 18.7 Å². The fraction of sp³-hybridized carbons (Fsp3) is 0.125.